The number of pyridine rings is 1. The van der Waals surface area contributed by atoms with Gasteiger partial charge in [0.15, 0.2) is 0 Å². The Morgan fingerprint density at radius 1 is 1.24 bits per heavy atom. The molecule has 1 amide bonds. The van der Waals surface area contributed by atoms with E-state index in [1.807, 2.05) is 39.2 Å². The number of amides is 1. The van der Waals surface area contributed by atoms with E-state index in [9.17, 15) is 9.18 Å². The van der Waals surface area contributed by atoms with Crippen LogP contribution >= 0.6 is 0 Å². The normalized spacial score (nSPS) is 10.4. The molecule has 0 atom stereocenters. The number of carbonyl (C=O) groups is 2. The molecule has 29 heavy (non-hydrogen) atoms. The first-order chi connectivity index (χ1) is 13.7. The highest BCUT2D eigenvalue weighted by Crippen LogP contribution is 2.28. The van der Waals surface area contributed by atoms with Crippen molar-refractivity contribution in [3.05, 3.63) is 59.4 Å². The highest BCUT2D eigenvalue weighted by molar-refractivity contribution is 5.93. The Morgan fingerprint density at radius 2 is 1.93 bits per heavy atom. The highest BCUT2D eigenvalue weighted by Gasteiger charge is 2.11. The third kappa shape index (κ3) is 5.83. The van der Waals surface area contributed by atoms with Crippen LogP contribution in [0.4, 0.5) is 10.1 Å². The van der Waals surface area contributed by atoms with Crippen molar-refractivity contribution < 1.29 is 19.1 Å². The molecule has 1 heterocycles. The molecule has 0 aliphatic rings. The number of hydrogen-bond acceptors (Lipinski definition) is 4. The van der Waals surface area contributed by atoms with Gasteiger partial charge in [0.05, 0.1) is 16.9 Å². The lowest BCUT2D eigenvalue weighted by molar-refractivity contribution is -0.123. The molecule has 1 aromatic heterocycles. The lowest BCUT2D eigenvalue weighted by Gasteiger charge is -2.12. The first kappa shape index (κ1) is 22.0. The second-order valence-electron chi connectivity index (χ2n) is 6.90. The van der Waals surface area contributed by atoms with Crippen molar-refractivity contribution >= 4 is 29.0 Å². The minimum absolute atomic E-state index is 0.149. The molecule has 0 fully saturated rings. The van der Waals surface area contributed by atoms with Crippen LogP contribution in [0.1, 0.15) is 18.1 Å². The zero-order valence-electron chi connectivity index (χ0n) is 16.9. The number of carbonyl (C=O) groups excluding carboxylic acids is 1. The van der Waals surface area contributed by atoms with E-state index in [0.29, 0.717) is 5.52 Å². The number of nitrogens with one attached hydrogen (secondary N) is 1. The molecule has 0 radical (unpaired) electrons. The summed E-state index contributed by atoms with van der Waals surface area (Å²) in [5, 5.41) is 10.1. The molecule has 2 N–H and O–H groups in total. The second-order valence-corrected chi connectivity index (χ2v) is 6.90. The number of aryl methyl sites for hydroxylation is 1. The van der Waals surface area contributed by atoms with Crippen molar-refractivity contribution in [2.24, 2.45) is 0 Å². The summed E-state index contributed by atoms with van der Waals surface area (Å²) < 4.78 is 14.2. The van der Waals surface area contributed by atoms with Gasteiger partial charge in [-0.25, -0.2) is 9.37 Å². The fraction of sp³-hybridized carbons (Fsp3) is 0.227. The Bertz CT molecular complexity index is 1040. The first-order valence-electron chi connectivity index (χ1n) is 8.95. The molecule has 0 spiro atoms. The zero-order chi connectivity index (χ0) is 21.6. The van der Waals surface area contributed by atoms with Gasteiger partial charge in [0.1, 0.15) is 5.82 Å². The summed E-state index contributed by atoms with van der Waals surface area (Å²) in [5.74, 6) is -0.772. The number of halogens is 1. The van der Waals surface area contributed by atoms with Crippen LogP contribution in [0.25, 0.3) is 22.2 Å². The van der Waals surface area contributed by atoms with Gasteiger partial charge in [-0.3, -0.25) is 9.59 Å². The Balaban J connectivity index is 0.000000941. The molecule has 152 valence electrons. The van der Waals surface area contributed by atoms with E-state index < -0.39 is 5.82 Å². The van der Waals surface area contributed by atoms with Gasteiger partial charge in [-0.1, -0.05) is 18.2 Å². The van der Waals surface area contributed by atoms with Crippen LogP contribution in [0.5, 0.6) is 0 Å². The maximum atomic E-state index is 14.2. The Morgan fingerprint density at radius 3 is 2.55 bits per heavy atom. The summed E-state index contributed by atoms with van der Waals surface area (Å²) in [7, 11) is 4.06. The van der Waals surface area contributed by atoms with Gasteiger partial charge in [-0.2, -0.15) is 0 Å². The van der Waals surface area contributed by atoms with Gasteiger partial charge in [0.25, 0.3) is 6.47 Å². The maximum absolute atomic E-state index is 14.2. The summed E-state index contributed by atoms with van der Waals surface area (Å²) in [6.45, 7) is 3.89. The molecule has 0 saturated heterocycles. The topological polar surface area (TPSA) is 82.5 Å². The second kappa shape index (κ2) is 9.75. The average molecular weight is 397 g/mol. The van der Waals surface area contributed by atoms with Crippen molar-refractivity contribution in [2.45, 2.75) is 20.4 Å². The number of fused-ring (bicyclic) bond motifs is 1. The number of benzene rings is 2. The van der Waals surface area contributed by atoms with E-state index in [1.165, 1.54) is 18.6 Å². The molecule has 7 heteroatoms. The predicted molar refractivity (Wildman–Crippen MR) is 112 cm³/mol. The number of anilines is 1. The van der Waals surface area contributed by atoms with Gasteiger partial charge >= 0.3 is 0 Å². The molecule has 0 aliphatic carbocycles. The van der Waals surface area contributed by atoms with Crippen molar-refractivity contribution in [1.82, 2.24) is 9.88 Å². The quantitative estimate of drug-likeness (QED) is 0.649. The van der Waals surface area contributed by atoms with Gasteiger partial charge < -0.3 is 15.3 Å². The van der Waals surface area contributed by atoms with Crippen molar-refractivity contribution in [3.8, 4) is 11.3 Å². The lowest BCUT2D eigenvalue weighted by Crippen LogP contribution is -2.10. The molecule has 0 saturated carbocycles. The van der Waals surface area contributed by atoms with Gasteiger partial charge in [-0.05, 0) is 56.4 Å². The standard InChI is InChI=1S/C21H22FN3O.CH2O2/c1-13-8-19(16-7-5-6-15(9-16)12-25(3)4)24-20-11-21(23-14(2)26)18(22)10-17(13)20;2-1-3/h5-11H,12H2,1-4H3,(H,23,26);1H,(H,2,3). The predicted octanol–water partition coefficient (Wildman–Crippen LogP) is 4.07. The molecule has 0 aliphatic heterocycles. The van der Waals surface area contributed by atoms with E-state index in [4.69, 9.17) is 14.9 Å². The minimum Gasteiger partial charge on any atom is -0.483 e. The molecular weight excluding hydrogens is 373 g/mol. The third-order valence-electron chi connectivity index (χ3n) is 4.14. The minimum atomic E-state index is -0.460. The average Bonchev–Trinajstić information content (AvgIpc) is 2.63. The van der Waals surface area contributed by atoms with E-state index in [0.717, 1.165) is 28.8 Å². The van der Waals surface area contributed by atoms with Gasteiger partial charge in [0.2, 0.25) is 5.91 Å². The summed E-state index contributed by atoms with van der Waals surface area (Å²) in [4.78, 5) is 26.5. The van der Waals surface area contributed by atoms with Crippen LogP contribution in [-0.2, 0) is 16.1 Å². The van der Waals surface area contributed by atoms with Crippen molar-refractivity contribution in [1.29, 1.82) is 0 Å². The number of hydrogen-bond donors (Lipinski definition) is 2. The van der Waals surface area contributed by atoms with E-state index in [2.05, 4.69) is 22.3 Å². The monoisotopic (exact) mass is 397 g/mol. The van der Waals surface area contributed by atoms with Gasteiger partial charge in [-0.15, -0.1) is 0 Å². The molecular formula is C22H24FN3O3. The third-order valence-corrected chi connectivity index (χ3v) is 4.14. The van der Waals surface area contributed by atoms with E-state index >= 15 is 0 Å². The SMILES string of the molecule is CC(=O)Nc1cc2nc(-c3cccc(CN(C)C)c3)cc(C)c2cc1F.O=CO. The van der Waals surface area contributed by atoms with Crippen LogP contribution in [0.2, 0.25) is 0 Å². The lowest BCUT2D eigenvalue weighted by atomic mass is 10.0. The highest BCUT2D eigenvalue weighted by atomic mass is 19.1. The Kier molecular flexibility index (Phi) is 7.39. The van der Waals surface area contributed by atoms with E-state index in [1.54, 1.807) is 6.07 Å². The number of carboxylic acid groups (broad SMARTS) is 1. The van der Waals surface area contributed by atoms with Crippen LogP contribution in [0.15, 0.2) is 42.5 Å². The summed E-state index contributed by atoms with van der Waals surface area (Å²) in [5.41, 5.74) is 4.79. The van der Waals surface area contributed by atoms with Crippen LogP contribution < -0.4 is 5.32 Å². The van der Waals surface area contributed by atoms with Crippen LogP contribution in [-0.4, -0.2) is 41.5 Å². The largest absolute Gasteiger partial charge is 0.483 e. The molecule has 3 rings (SSSR count). The first-order valence-corrected chi connectivity index (χ1v) is 8.95. The van der Waals surface area contributed by atoms with Gasteiger partial charge in [0, 0.05) is 24.4 Å². The van der Waals surface area contributed by atoms with Crippen molar-refractivity contribution in [2.75, 3.05) is 19.4 Å². The summed E-state index contributed by atoms with van der Waals surface area (Å²) in [6, 6.07) is 13.2. The molecule has 6 nitrogen and oxygen atoms in total. The maximum Gasteiger partial charge on any atom is 0.290 e. The number of aromatic nitrogens is 1. The summed E-state index contributed by atoms with van der Waals surface area (Å²) in [6.07, 6.45) is 0. The fourth-order valence-corrected chi connectivity index (χ4v) is 3.04. The Labute approximate surface area is 169 Å². The molecule has 3 aromatic rings. The van der Waals surface area contributed by atoms with Crippen molar-refractivity contribution in [3.63, 3.8) is 0 Å². The molecule has 2 aromatic carbocycles. The fourth-order valence-electron chi connectivity index (χ4n) is 3.04. The smallest absolute Gasteiger partial charge is 0.290 e. The Hall–Kier alpha value is -3.32. The van der Waals surface area contributed by atoms with Crippen LogP contribution in [0.3, 0.4) is 0 Å². The number of nitrogens with zero attached hydrogens (tertiary/aromatic N) is 2. The van der Waals surface area contributed by atoms with E-state index in [-0.39, 0.29) is 18.1 Å². The number of rotatable bonds is 4. The molecule has 0 unspecified atom stereocenters. The summed E-state index contributed by atoms with van der Waals surface area (Å²) >= 11 is 0. The van der Waals surface area contributed by atoms with Crippen LogP contribution in [0, 0.1) is 12.7 Å². The zero-order valence-corrected chi connectivity index (χ0v) is 16.9. The molecule has 0 bridgehead atoms.